The molecule has 3 aliphatic heterocycles. The predicted molar refractivity (Wildman–Crippen MR) is 135 cm³/mol. The molecule has 1 saturated carbocycles. The summed E-state index contributed by atoms with van der Waals surface area (Å²) in [6, 6.07) is -0.231. The molecule has 0 aromatic rings. The zero-order chi connectivity index (χ0) is 26.7. The average Bonchev–Trinajstić information content (AvgIpc) is 3.41. The van der Waals surface area contributed by atoms with E-state index in [0.717, 1.165) is 25.7 Å². The van der Waals surface area contributed by atoms with Crippen LogP contribution in [0.3, 0.4) is 0 Å². The fourth-order valence-electron chi connectivity index (χ4n) is 6.37. The molecule has 0 aromatic heterocycles. The fraction of sp³-hybridized carbons (Fsp3) is 0.741. The van der Waals surface area contributed by atoms with Gasteiger partial charge in [-0.05, 0) is 77.0 Å². The first-order valence-corrected chi connectivity index (χ1v) is 13.5. The Kier molecular flexibility index (Phi) is 8.10. The summed E-state index contributed by atoms with van der Waals surface area (Å²) in [5, 5.41) is 18.3. The number of hydrogen-bond donors (Lipinski definition) is 3. The number of allylic oxidation sites excluding steroid dienone is 2. The molecule has 1 aliphatic carbocycles. The molecule has 4 rings (SSSR count). The summed E-state index contributed by atoms with van der Waals surface area (Å²) in [5.41, 5.74) is -0.718. The highest BCUT2D eigenvalue weighted by molar-refractivity contribution is 5.92. The third-order valence-electron chi connectivity index (χ3n) is 8.03. The van der Waals surface area contributed by atoms with Gasteiger partial charge in [0.05, 0.1) is 6.07 Å². The second-order valence-electron chi connectivity index (χ2n) is 11.8. The molecule has 2 saturated heterocycles. The number of nitrogens with zero attached hydrogens (tertiary/aromatic N) is 2. The lowest BCUT2D eigenvalue weighted by atomic mass is 9.81. The Morgan fingerprint density at radius 3 is 2.68 bits per heavy atom. The second-order valence-corrected chi connectivity index (χ2v) is 11.8. The summed E-state index contributed by atoms with van der Waals surface area (Å²) >= 11 is 0. The molecule has 0 radical (unpaired) electrons. The maximum atomic E-state index is 13.8. The number of fused-ring (bicyclic) bond motifs is 4. The van der Waals surface area contributed by atoms with E-state index in [1.54, 1.807) is 25.7 Å². The monoisotopic (exact) mass is 513 g/mol. The Morgan fingerprint density at radius 2 is 1.95 bits per heavy atom. The molecular formula is C27H39N5O5. The second kappa shape index (κ2) is 11.1. The molecule has 0 unspecified atom stereocenters. The van der Waals surface area contributed by atoms with Gasteiger partial charge >= 0.3 is 6.09 Å². The van der Waals surface area contributed by atoms with Crippen molar-refractivity contribution in [2.75, 3.05) is 13.1 Å². The first-order valence-electron chi connectivity index (χ1n) is 13.5. The minimum atomic E-state index is -0.853. The van der Waals surface area contributed by atoms with Crippen LogP contribution in [-0.4, -0.2) is 65.5 Å². The van der Waals surface area contributed by atoms with E-state index < -0.39 is 35.7 Å². The quantitative estimate of drug-likeness (QED) is 0.458. The molecule has 10 heteroatoms. The number of ether oxygens (including phenoxy) is 1. The van der Waals surface area contributed by atoms with Gasteiger partial charge in [0.15, 0.2) is 0 Å². The van der Waals surface area contributed by atoms with Crippen molar-refractivity contribution < 1.29 is 23.9 Å². The van der Waals surface area contributed by atoms with Crippen LogP contribution in [0.2, 0.25) is 0 Å². The molecule has 10 nitrogen and oxygen atoms in total. The summed E-state index contributed by atoms with van der Waals surface area (Å²) in [6.07, 6.45) is 7.84. The number of nitriles is 1. The van der Waals surface area contributed by atoms with Crippen LogP contribution >= 0.6 is 0 Å². The van der Waals surface area contributed by atoms with Crippen LogP contribution in [0.5, 0.6) is 0 Å². The van der Waals surface area contributed by atoms with Gasteiger partial charge in [-0.1, -0.05) is 18.6 Å². The van der Waals surface area contributed by atoms with Gasteiger partial charge in [0.1, 0.15) is 23.7 Å². The Labute approximate surface area is 218 Å². The van der Waals surface area contributed by atoms with Gasteiger partial charge in [-0.3, -0.25) is 14.4 Å². The summed E-state index contributed by atoms with van der Waals surface area (Å²) in [5.74, 6) is -1.02. The van der Waals surface area contributed by atoms with E-state index in [4.69, 9.17) is 4.74 Å². The van der Waals surface area contributed by atoms with Crippen LogP contribution < -0.4 is 16.0 Å². The lowest BCUT2D eigenvalue weighted by molar-refractivity contribution is -0.141. The predicted octanol–water partition coefficient (Wildman–Crippen LogP) is 2.01. The van der Waals surface area contributed by atoms with Crippen molar-refractivity contribution >= 4 is 23.8 Å². The van der Waals surface area contributed by atoms with Crippen molar-refractivity contribution in [1.29, 1.82) is 5.26 Å². The van der Waals surface area contributed by atoms with Crippen LogP contribution in [-0.2, 0) is 19.1 Å². The molecule has 3 N–H and O–H groups in total. The van der Waals surface area contributed by atoms with Gasteiger partial charge in [-0.15, -0.1) is 0 Å². The highest BCUT2D eigenvalue weighted by atomic mass is 16.6. The van der Waals surface area contributed by atoms with Gasteiger partial charge < -0.3 is 25.6 Å². The van der Waals surface area contributed by atoms with E-state index in [0.29, 0.717) is 25.9 Å². The molecule has 4 amide bonds. The number of alkyl carbamates (subject to hydrolysis) is 1. The van der Waals surface area contributed by atoms with E-state index in [9.17, 15) is 24.4 Å². The first kappa shape index (κ1) is 27.0. The van der Waals surface area contributed by atoms with Crippen LogP contribution in [0.25, 0.3) is 0 Å². The topological polar surface area (TPSA) is 141 Å². The van der Waals surface area contributed by atoms with Gasteiger partial charge in [-0.2, -0.15) is 5.26 Å². The molecule has 3 fully saturated rings. The van der Waals surface area contributed by atoms with Crippen molar-refractivity contribution in [3.8, 4) is 6.07 Å². The molecule has 0 aromatic carbocycles. The van der Waals surface area contributed by atoms with Crippen molar-refractivity contribution in [2.24, 2.45) is 23.7 Å². The van der Waals surface area contributed by atoms with Crippen molar-refractivity contribution in [3.63, 3.8) is 0 Å². The Balaban J connectivity index is 1.64. The smallest absolute Gasteiger partial charge is 0.408 e. The van der Waals surface area contributed by atoms with Gasteiger partial charge in [-0.25, -0.2) is 4.79 Å². The number of nitrogens with one attached hydrogen (secondary N) is 3. The normalized spacial score (nSPS) is 35.6. The molecular weight excluding hydrogens is 474 g/mol. The molecule has 0 spiro atoms. The van der Waals surface area contributed by atoms with Crippen molar-refractivity contribution in [3.05, 3.63) is 12.2 Å². The van der Waals surface area contributed by atoms with E-state index >= 15 is 0 Å². The van der Waals surface area contributed by atoms with E-state index in [-0.39, 0.29) is 41.9 Å². The molecule has 7 atom stereocenters. The number of carbonyl (C=O) groups is 4. The fourth-order valence-corrected chi connectivity index (χ4v) is 6.37. The lowest BCUT2D eigenvalue weighted by Crippen LogP contribution is -2.56. The maximum Gasteiger partial charge on any atom is 0.408 e. The van der Waals surface area contributed by atoms with E-state index in [2.05, 4.69) is 22.0 Å². The number of amides is 4. The summed E-state index contributed by atoms with van der Waals surface area (Å²) in [7, 11) is 0. The zero-order valence-corrected chi connectivity index (χ0v) is 22.0. The average molecular weight is 514 g/mol. The largest absolute Gasteiger partial charge is 0.444 e. The van der Waals surface area contributed by atoms with E-state index in [1.807, 2.05) is 12.2 Å². The molecule has 202 valence electrons. The minimum absolute atomic E-state index is 0.0176. The zero-order valence-electron chi connectivity index (χ0n) is 22.0. The summed E-state index contributed by atoms with van der Waals surface area (Å²) < 4.78 is 5.42. The Bertz CT molecular complexity index is 983. The number of hydrogen-bond acceptors (Lipinski definition) is 6. The molecule has 3 heterocycles. The number of rotatable bonds is 1. The minimum Gasteiger partial charge on any atom is -0.444 e. The van der Waals surface area contributed by atoms with Crippen LogP contribution in [0, 0.1) is 35.0 Å². The van der Waals surface area contributed by atoms with Gasteiger partial charge in [0, 0.05) is 19.0 Å². The standard InChI is InChI=1S/C27H39N5O5/c1-27(2,3)37-26(36)31-21-10-5-4-7-16-11-12-29-23(33)20(16)13-18(14-28)30-24(34)22-19-9-6-8-17(19)15-32(22)25(21)35/h4,7,16-22H,5-6,8-13,15H2,1-3H3,(H,29,33)(H,30,34)(H,31,36)/b7-4+/t16-,17-,18-,19-,20-,21-,22-/m0/s1. The van der Waals surface area contributed by atoms with Gasteiger partial charge in [0.2, 0.25) is 17.7 Å². The van der Waals surface area contributed by atoms with E-state index in [1.165, 1.54) is 0 Å². The highest BCUT2D eigenvalue weighted by Crippen LogP contribution is 2.42. The van der Waals surface area contributed by atoms with Crippen LogP contribution in [0.1, 0.15) is 65.7 Å². The summed E-state index contributed by atoms with van der Waals surface area (Å²) in [4.78, 5) is 54.3. The van der Waals surface area contributed by atoms with Crippen LogP contribution in [0.15, 0.2) is 12.2 Å². The third-order valence-corrected chi connectivity index (χ3v) is 8.03. The molecule has 4 aliphatic rings. The highest BCUT2D eigenvalue weighted by Gasteiger charge is 2.51. The first-order chi connectivity index (χ1) is 17.6. The van der Waals surface area contributed by atoms with Gasteiger partial charge in [0.25, 0.3) is 0 Å². The summed E-state index contributed by atoms with van der Waals surface area (Å²) in [6.45, 7) is 6.28. The lowest BCUT2D eigenvalue weighted by Gasteiger charge is -2.33. The molecule has 37 heavy (non-hydrogen) atoms. The Morgan fingerprint density at radius 1 is 1.16 bits per heavy atom. The van der Waals surface area contributed by atoms with Crippen molar-refractivity contribution in [2.45, 2.75) is 89.4 Å². The SMILES string of the molecule is CC(C)(C)OC(=O)N[C@H]1CC/C=C/[C@H]2CCNC(=O)[C@H]2C[C@@H](C#N)NC(=O)[C@@H]2[C@H]3CCC[C@H]3CN2C1=O. The maximum absolute atomic E-state index is 13.8. The Hall–Kier alpha value is -3.09. The third kappa shape index (κ3) is 6.25. The number of piperidine rings is 1. The van der Waals surface area contributed by atoms with Crippen molar-refractivity contribution in [1.82, 2.24) is 20.9 Å². The van der Waals surface area contributed by atoms with Crippen LogP contribution in [0.4, 0.5) is 4.79 Å². The molecule has 0 bridgehead atoms. The number of carbonyl (C=O) groups excluding carboxylic acids is 4.